The number of carbonyl (C=O) groups excluding carboxylic acids is 1. The summed E-state index contributed by atoms with van der Waals surface area (Å²) in [5, 5.41) is 8.34. The monoisotopic (exact) mass is 219 g/mol. The summed E-state index contributed by atoms with van der Waals surface area (Å²) in [4.78, 5) is 23.1. The van der Waals surface area contributed by atoms with Gasteiger partial charge in [0.05, 0.1) is 0 Å². The molecular formula is C8H13NO4S. The summed E-state index contributed by atoms with van der Waals surface area (Å²) in [6, 6.07) is 0.282. The molecule has 0 radical (unpaired) electrons. The van der Waals surface area contributed by atoms with Gasteiger partial charge in [-0.05, 0) is 12.8 Å². The fourth-order valence-corrected chi connectivity index (χ4v) is 1.95. The van der Waals surface area contributed by atoms with Crippen LogP contribution in [-0.2, 0) is 20.4 Å². The summed E-state index contributed by atoms with van der Waals surface area (Å²) >= 11 is 0. The smallest absolute Gasteiger partial charge is 0.316 e. The maximum absolute atomic E-state index is 11.4. The van der Waals surface area contributed by atoms with Crippen molar-refractivity contribution < 1.29 is 18.9 Å². The van der Waals surface area contributed by atoms with Gasteiger partial charge >= 0.3 is 5.97 Å². The first-order valence-corrected chi connectivity index (χ1v) is 5.82. The second-order valence-corrected chi connectivity index (χ2v) is 4.82. The molecule has 1 saturated carbocycles. The number of hydrogen-bond donors (Lipinski definition) is 1. The van der Waals surface area contributed by atoms with Crippen molar-refractivity contribution in [1.82, 2.24) is 4.90 Å². The molecule has 0 saturated heterocycles. The first-order chi connectivity index (χ1) is 6.50. The lowest BCUT2D eigenvalue weighted by atomic mass is 10.5. The van der Waals surface area contributed by atoms with Crippen LogP contribution in [0.25, 0.3) is 0 Å². The van der Waals surface area contributed by atoms with Crippen molar-refractivity contribution in [1.29, 1.82) is 0 Å². The third kappa shape index (κ3) is 3.45. The third-order valence-corrected chi connectivity index (χ3v) is 3.19. The third-order valence-electron chi connectivity index (χ3n) is 2.06. The molecule has 1 unspecified atom stereocenters. The predicted molar refractivity (Wildman–Crippen MR) is 51.3 cm³/mol. The minimum atomic E-state index is -1.58. The highest BCUT2D eigenvalue weighted by Gasteiger charge is 2.30. The van der Waals surface area contributed by atoms with E-state index in [9.17, 15) is 13.8 Å². The van der Waals surface area contributed by atoms with Gasteiger partial charge in [0.25, 0.3) is 0 Å². The minimum absolute atomic E-state index is 0.181. The standard InChI is InChI=1S/C8H13NO4S/c1-9(6-2-3-6)7(10)4-14(13)5-8(11)12/h6H,2-5H2,1H3,(H,11,12). The topological polar surface area (TPSA) is 74.7 Å². The summed E-state index contributed by atoms with van der Waals surface area (Å²) in [5.74, 6) is -2.00. The molecule has 80 valence electrons. The van der Waals surface area contributed by atoms with Crippen LogP contribution in [0.3, 0.4) is 0 Å². The predicted octanol–water partition coefficient (Wildman–Crippen LogP) is -0.559. The van der Waals surface area contributed by atoms with Crippen molar-refractivity contribution in [3.8, 4) is 0 Å². The van der Waals surface area contributed by atoms with E-state index in [4.69, 9.17) is 5.11 Å². The Morgan fingerprint density at radius 2 is 2.00 bits per heavy atom. The van der Waals surface area contributed by atoms with Gasteiger partial charge in [0, 0.05) is 23.9 Å². The SMILES string of the molecule is CN(C(=O)CS(=O)CC(=O)O)C1CC1. The van der Waals surface area contributed by atoms with Gasteiger partial charge in [-0.2, -0.15) is 0 Å². The van der Waals surface area contributed by atoms with Gasteiger partial charge < -0.3 is 10.0 Å². The van der Waals surface area contributed by atoms with Crippen LogP contribution in [-0.4, -0.2) is 50.7 Å². The average Bonchev–Trinajstić information content (AvgIpc) is 2.83. The van der Waals surface area contributed by atoms with Gasteiger partial charge in [-0.3, -0.25) is 13.8 Å². The first-order valence-electron chi connectivity index (χ1n) is 4.33. The Labute approximate surface area is 84.5 Å². The average molecular weight is 219 g/mol. The Bertz CT molecular complexity index is 275. The van der Waals surface area contributed by atoms with Gasteiger partial charge in [0.15, 0.2) is 0 Å². The van der Waals surface area contributed by atoms with Gasteiger partial charge in [-0.1, -0.05) is 0 Å². The quantitative estimate of drug-likeness (QED) is 0.672. The van der Waals surface area contributed by atoms with E-state index in [0.29, 0.717) is 0 Å². The molecule has 1 rings (SSSR count). The molecule has 0 bridgehead atoms. The lowest BCUT2D eigenvalue weighted by Crippen LogP contribution is -2.33. The van der Waals surface area contributed by atoms with Crippen molar-refractivity contribution in [2.45, 2.75) is 18.9 Å². The Kier molecular flexibility index (Phi) is 3.62. The molecule has 1 amide bonds. The molecular weight excluding hydrogens is 206 g/mol. The van der Waals surface area contributed by atoms with Crippen molar-refractivity contribution in [2.24, 2.45) is 0 Å². The first kappa shape index (κ1) is 11.2. The second-order valence-electron chi connectivity index (χ2n) is 3.36. The van der Waals surface area contributed by atoms with E-state index in [-0.39, 0.29) is 17.7 Å². The number of amides is 1. The fourth-order valence-electron chi connectivity index (χ4n) is 1.09. The summed E-state index contributed by atoms with van der Waals surface area (Å²) < 4.78 is 11.1. The molecule has 1 N–H and O–H groups in total. The molecule has 6 heteroatoms. The molecule has 0 aromatic carbocycles. The van der Waals surface area contributed by atoms with Crippen molar-refractivity contribution >= 4 is 22.7 Å². The normalized spacial score (nSPS) is 17.5. The number of rotatable bonds is 5. The van der Waals surface area contributed by atoms with Crippen LogP contribution >= 0.6 is 0 Å². The molecule has 14 heavy (non-hydrogen) atoms. The second kappa shape index (κ2) is 4.54. The van der Waals surface area contributed by atoms with Crippen molar-refractivity contribution in [3.05, 3.63) is 0 Å². The minimum Gasteiger partial charge on any atom is -0.481 e. The molecule has 1 atom stereocenters. The van der Waals surface area contributed by atoms with Gasteiger partial charge in [-0.15, -0.1) is 0 Å². The summed E-state index contributed by atoms with van der Waals surface area (Å²) in [6.45, 7) is 0. The van der Waals surface area contributed by atoms with Gasteiger partial charge in [0.1, 0.15) is 11.5 Å². The molecule has 1 aliphatic rings. The van der Waals surface area contributed by atoms with Crippen LogP contribution in [0.5, 0.6) is 0 Å². The Hall–Kier alpha value is -0.910. The number of carbonyl (C=O) groups is 2. The summed E-state index contributed by atoms with van der Waals surface area (Å²) in [7, 11) is 0.0843. The molecule has 0 heterocycles. The summed E-state index contributed by atoms with van der Waals surface area (Å²) in [5.41, 5.74) is 0. The molecule has 1 aliphatic carbocycles. The van der Waals surface area contributed by atoms with Crippen LogP contribution in [0.2, 0.25) is 0 Å². The zero-order chi connectivity index (χ0) is 10.7. The van der Waals surface area contributed by atoms with E-state index in [1.807, 2.05) is 0 Å². The Morgan fingerprint density at radius 3 is 2.43 bits per heavy atom. The Morgan fingerprint density at radius 1 is 1.43 bits per heavy atom. The van der Waals surface area contributed by atoms with Gasteiger partial charge in [0.2, 0.25) is 5.91 Å². The molecule has 1 fully saturated rings. The molecule has 0 spiro atoms. The maximum Gasteiger partial charge on any atom is 0.316 e. The van der Waals surface area contributed by atoms with E-state index in [1.54, 1.807) is 11.9 Å². The molecule has 5 nitrogen and oxygen atoms in total. The number of carboxylic acids is 1. The lowest BCUT2D eigenvalue weighted by molar-refractivity contribution is -0.134. The van der Waals surface area contributed by atoms with Crippen LogP contribution in [0, 0.1) is 0 Å². The van der Waals surface area contributed by atoms with Crippen molar-refractivity contribution in [2.75, 3.05) is 18.6 Å². The number of aliphatic carboxylic acids is 1. The maximum atomic E-state index is 11.4. The number of hydrogen-bond acceptors (Lipinski definition) is 3. The highest BCUT2D eigenvalue weighted by atomic mass is 32.2. The molecule has 0 aromatic rings. The van der Waals surface area contributed by atoms with Crippen LogP contribution in [0.15, 0.2) is 0 Å². The zero-order valence-corrected chi connectivity index (χ0v) is 8.75. The largest absolute Gasteiger partial charge is 0.481 e. The lowest BCUT2D eigenvalue weighted by Gasteiger charge is -2.15. The molecule has 0 aliphatic heterocycles. The van der Waals surface area contributed by atoms with E-state index < -0.39 is 22.5 Å². The number of nitrogens with zero attached hydrogens (tertiary/aromatic N) is 1. The van der Waals surface area contributed by atoms with E-state index in [2.05, 4.69) is 0 Å². The van der Waals surface area contributed by atoms with Crippen LogP contribution in [0.4, 0.5) is 0 Å². The zero-order valence-electron chi connectivity index (χ0n) is 7.93. The van der Waals surface area contributed by atoms with E-state index >= 15 is 0 Å². The Balaban J connectivity index is 2.31. The van der Waals surface area contributed by atoms with Crippen molar-refractivity contribution in [3.63, 3.8) is 0 Å². The number of carboxylic acid groups (broad SMARTS) is 1. The van der Waals surface area contributed by atoms with E-state index in [1.165, 1.54) is 0 Å². The van der Waals surface area contributed by atoms with Gasteiger partial charge in [-0.25, -0.2) is 0 Å². The summed E-state index contributed by atoms with van der Waals surface area (Å²) in [6.07, 6.45) is 1.99. The van der Waals surface area contributed by atoms with E-state index in [0.717, 1.165) is 12.8 Å². The molecule has 0 aromatic heterocycles. The fraction of sp³-hybridized carbons (Fsp3) is 0.750. The highest BCUT2D eigenvalue weighted by molar-refractivity contribution is 7.86. The van der Waals surface area contributed by atoms with Crippen LogP contribution in [0.1, 0.15) is 12.8 Å². The van der Waals surface area contributed by atoms with Crippen LogP contribution < -0.4 is 0 Å². The highest BCUT2D eigenvalue weighted by Crippen LogP contribution is 2.25.